The van der Waals surface area contributed by atoms with E-state index in [2.05, 4.69) is 40.6 Å². The van der Waals surface area contributed by atoms with Gasteiger partial charge in [0, 0.05) is 26.4 Å². The minimum atomic E-state index is -0.320. The van der Waals surface area contributed by atoms with Gasteiger partial charge in [-0.15, -0.1) is 0 Å². The van der Waals surface area contributed by atoms with Crippen molar-refractivity contribution < 1.29 is 9.53 Å². The minimum Gasteiger partial charge on any atom is -0.383 e. The van der Waals surface area contributed by atoms with E-state index in [0.717, 1.165) is 16.8 Å². The summed E-state index contributed by atoms with van der Waals surface area (Å²) in [6.45, 7) is 8.07. The summed E-state index contributed by atoms with van der Waals surface area (Å²) >= 11 is 1.53. The number of amides is 1. The van der Waals surface area contributed by atoms with Gasteiger partial charge in [0.2, 0.25) is 0 Å². The maximum atomic E-state index is 12.5. The van der Waals surface area contributed by atoms with Gasteiger partial charge in [-0.2, -0.15) is 10.1 Å². The third kappa shape index (κ3) is 3.57. The Labute approximate surface area is 150 Å². The third-order valence-corrected chi connectivity index (χ3v) is 5.24. The lowest BCUT2D eigenvalue weighted by molar-refractivity contribution is 0.0992. The Kier molecular flexibility index (Phi) is 5.15. The summed E-state index contributed by atoms with van der Waals surface area (Å²) in [5.74, 6) is -0.320. The second kappa shape index (κ2) is 7.33. The quantitative estimate of drug-likeness (QED) is 0.704. The van der Waals surface area contributed by atoms with Gasteiger partial charge in [0.15, 0.2) is 10.5 Å². The molecule has 25 heavy (non-hydrogen) atoms. The average Bonchev–Trinajstić information content (AvgIpc) is 3.18. The first-order valence-corrected chi connectivity index (χ1v) is 9.07. The van der Waals surface area contributed by atoms with E-state index >= 15 is 0 Å². The maximum absolute atomic E-state index is 12.5. The standard InChI is InChI=1S/C18H22N4O2S/c1-5-21-7-6-14(20-21)17(23)19-18-22(8-9-24-4)15-11-12(2)10-13(3)16(15)25-18/h6-7,10-11H,5,8-9H2,1-4H3. The second-order valence-corrected chi connectivity index (χ2v) is 6.91. The van der Waals surface area contributed by atoms with E-state index < -0.39 is 0 Å². The summed E-state index contributed by atoms with van der Waals surface area (Å²) in [5, 5.41) is 4.25. The first-order chi connectivity index (χ1) is 12.0. The van der Waals surface area contributed by atoms with Gasteiger partial charge in [0.25, 0.3) is 5.91 Å². The van der Waals surface area contributed by atoms with Crippen LogP contribution in [-0.4, -0.2) is 34.0 Å². The predicted molar refractivity (Wildman–Crippen MR) is 99.0 cm³/mol. The van der Waals surface area contributed by atoms with Crippen molar-refractivity contribution in [3.63, 3.8) is 0 Å². The molecule has 0 N–H and O–H groups in total. The molecule has 2 aromatic heterocycles. The molecule has 0 atom stereocenters. The molecule has 3 rings (SSSR count). The largest absolute Gasteiger partial charge is 0.383 e. The third-order valence-electron chi connectivity index (χ3n) is 4.01. The van der Waals surface area contributed by atoms with Gasteiger partial charge in [0.1, 0.15) is 0 Å². The normalized spacial score (nSPS) is 12.2. The highest BCUT2D eigenvalue weighted by atomic mass is 32.1. The Bertz CT molecular complexity index is 981. The number of aryl methyl sites for hydroxylation is 3. The molecule has 1 aromatic carbocycles. The van der Waals surface area contributed by atoms with Gasteiger partial charge in [-0.25, -0.2) is 0 Å². The van der Waals surface area contributed by atoms with Crippen molar-refractivity contribution in [1.29, 1.82) is 0 Å². The van der Waals surface area contributed by atoms with Crippen molar-refractivity contribution in [1.82, 2.24) is 14.3 Å². The van der Waals surface area contributed by atoms with Crippen molar-refractivity contribution in [2.45, 2.75) is 33.9 Å². The van der Waals surface area contributed by atoms with Gasteiger partial charge in [-0.05, 0) is 44.0 Å². The molecule has 0 aliphatic heterocycles. The van der Waals surface area contributed by atoms with Crippen LogP contribution in [-0.2, 0) is 17.8 Å². The summed E-state index contributed by atoms with van der Waals surface area (Å²) < 4.78 is 10.2. The summed E-state index contributed by atoms with van der Waals surface area (Å²) in [4.78, 5) is 17.5. The van der Waals surface area contributed by atoms with Crippen LogP contribution in [0.2, 0.25) is 0 Å². The first-order valence-electron chi connectivity index (χ1n) is 8.25. The van der Waals surface area contributed by atoms with Crippen molar-refractivity contribution in [2.24, 2.45) is 4.99 Å². The van der Waals surface area contributed by atoms with Crippen LogP contribution in [0.1, 0.15) is 28.5 Å². The molecule has 0 fully saturated rings. The molecule has 6 nitrogen and oxygen atoms in total. The molecule has 1 amide bonds. The molecule has 3 aromatic rings. The zero-order chi connectivity index (χ0) is 18.0. The average molecular weight is 358 g/mol. The van der Waals surface area contributed by atoms with Crippen LogP contribution in [0.5, 0.6) is 0 Å². The van der Waals surface area contributed by atoms with Gasteiger partial charge >= 0.3 is 0 Å². The highest BCUT2D eigenvalue weighted by molar-refractivity contribution is 7.16. The van der Waals surface area contributed by atoms with Crippen molar-refractivity contribution in [3.8, 4) is 0 Å². The molecule has 0 bridgehead atoms. The van der Waals surface area contributed by atoms with E-state index in [1.807, 2.05) is 6.92 Å². The Morgan fingerprint density at radius 2 is 2.16 bits per heavy atom. The summed E-state index contributed by atoms with van der Waals surface area (Å²) in [5.41, 5.74) is 3.83. The zero-order valence-electron chi connectivity index (χ0n) is 14.9. The smallest absolute Gasteiger partial charge is 0.300 e. The number of fused-ring (bicyclic) bond motifs is 1. The Balaban J connectivity index is 2.13. The number of carbonyl (C=O) groups excluding carboxylic acids is 1. The molecular weight excluding hydrogens is 336 g/mol. The van der Waals surface area contributed by atoms with Gasteiger partial charge in [0.05, 0.1) is 16.8 Å². The van der Waals surface area contributed by atoms with Crippen molar-refractivity contribution >= 4 is 27.5 Å². The van der Waals surface area contributed by atoms with Gasteiger partial charge in [-0.3, -0.25) is 9.48 Å². The predicted octanol–water partition coefficient (Wildman–Crippen LogP) is 2.92. The first kappa shape index (κ1) is 17.6. The zero-order valence-corrected chi connectivity index (χ0v) is 15.8. The van der Waals surface area contributed by atoms with E-state index in [1.165, 1.54) is 22.5 Å². The van der Waals surface area contributed by atoms with Crippen LogP contribution in [0.4, 0.5) is 0 Å². The number of ether oxygens (including phenoxy) is 1. The highest BCUT2D eigenvalue weighted by Crippen LogP contribution is 2.23. The summed E-state index contributed by atoms with van der Waals surface area (Å²) in [6.07, 6.45) is 1.79. The van der Waals surface area contributed by atoms with Crippen LogP contribution >= 0.6 is 11.3 Å². The van der Waals surface area contributed by atoms with E-state index in [4.69, 9.17) is 4.74 Å². The van der Waals surface area contributed by atoms with Crippen molar-refractivity contribution in [2.75, 3.05) is 13.7 Å². The van der Waals surface area contributed by atoms with Crippen molar-refractivity contribution in [3.05, 3.63) is 46.0 Å². The fourth-order valence-corrected chi connectivity index (χ4v) is 3.90. The lowest BCUT2D eigenvalue weighted by atomic mass is 10.1. The fourth-order valence-electron chi connectivity index (χ4n) is 2.79. The van der Waals surface area contributed by atoms with Crippen LogP contribution in [0.3, 0.4) is 0 Å². The number of carbonyl (C=O) groups is 1. The van der Waals surface area contributed by atoms with E-state index in [1.54, 1.807) is 24.1 Å². The van der Waals surface area contributed by atoms with E-state index in [9.17, 15) is 4.79 Å². The minimum absolute atomic E-state index is 0.320. The molecule has 0 saturated carbocycles. The number of thiazole rings is 1. The number of rotatable bonds is 5. The lowest BCUT2D eigenvalue weighted by Gasteiger charge is -2.05. The molecule has 0 aliphatic carbocycles. The number of nitrogens with zero attached hydrogens (tertiary/aromatic N) is 4. The van der Waals surface area contributed by atoms with Crippen LogP contribution in [0, 0.1) is 13.8 Å². The fraction of sp³-hybridized carbons (Fsp3) is 0.389. The molecule has 0 aliphatic rings. The monoisotopic (exact) mass is 358 g/mol. The highest BCUT2D eigenvalue weighted by Gasteiger charge is 2.13. The summed E-state index contributed by atoms with van der Waals surface area (Å²) in [6, 6.07) is 5.98. The molecule has 0 radical (unpaired) electrons. The number of hydrogen-bond donors (Lipinski definition) is 0. The Morgan fingerprint density at radius 3 is 2.84 bits per heavy atom. The van der Waals surface area contributed by atoms with E-state index in [0.29, 0.717) is 23.6 Å². The van der Waals surface area contributed by atoms with Gasteiger partial charge in [-0.1, -0.05) is 17.4 Å². The maximum Gasteiger partial charge on any atom is 0.300 e. The number of hydrogen-bond acceptors (Lipinski definition) is 4. The molecule has 7 heteroatoms. The van der Waals surface area contributed by atoms with Crippen LogP contribution in [0.15, 0.2) is 29.4 Å². The van der Waals surface area contributed by atoms with E-state index in [-0.39, 0.29) is 5.91 Å². The molecule has 2 heterocycles. The van der Waals surface area contributed by atoms with Gasteiger partial charge < -0.3 is 9.30 Å². The SMILES string of the molecule is CCn1ccc(C(=O)N=c2sc3c(C)cc(C)cc3n2CCOC)n1. The van der Waals surface area contributed by atoms with Crippen LogP contribution < -0.4 is 4.80 Å². The second-order valence-electron chi connectivity index (χ2n) is 5.93. The molecule has 0 saturated heterocycles. The molecule has 132 valence electrons. The Morgan fingerprint density at radius 1 is 1.36 bits per heavy atom. The lowest BCUT2D eigenvalue weighted by Crippen LogP contribution is -2.19. The number of benzene rings is 1. The van der Waals surface area contributed by atoms with Crippen LogP contribution in [0.25, 0.3) is 10.2 Å². The number of methoxy groups -OCH3 is 1. The molecule has 0 unspecified atom stereocenters. The Hall–Kier alpha value is -2.25. The summed E-state index contributed by atoms with van der Waals surface area (Å²) in [7, 11) is 1.67. The number of aromatic nitrogens is 3. The topological polar surface area (TPSA) is 61.4 Å². The molecular formula is C18H22N4O2S. The molecule has 0 spiro atoms.